The monoisotopic (exact) mass is 473 g/mol. The maximum atomic E-state index is 14.0. The molecule has 4 aliphatic carbocycles. The van der Waals surface area contributed by atoms with Gasteiger partial charge in [0.25, 0.3) is 0 Å². The number of nitrogens with zero attached hydrogens (tertiary/aromatic N) is 5. The fraction of sp³-hybridized carbons (Fsp3) is 0.625. The van der Waals surface area contributed by atoms with Crippen LogP contribution in [-0.2, 0) is 16.9 Å². The number of carbonyl (C=O) groups is 1. The zero-order valence-corrected chi connectivity index (χ0v) is 19.7. The van der Waals surface area contributed by atoms with Crippen LogP contribution in [-0.4, -0.2) is 56.7 Å². The SMILES string of the molecule is O=C(N1CCN(Cc2ccccc2Cl)CC1)C12CC3CC(C1)CC(n1cnc(Cl)n1)(C3)C2. The molecule has 1 aliphatic heterocycles. The molecule has 2 atom stereocenters. The Kier molecular flexibility index (Phi) is 5.05. The number of hydrogen-bond acceptors (Lipinski definition) is 4. The molecule has 4 bridgehead atoms. The Hall–Kier alpha value is -1.63. The summed E-state index contributed by atoms with van der Waals surface area (Å²) >= 11 is 12.4. The van der Waals surface area contributed by atoms with Gasteiger partial charge in [-0.05, 0) is 73.6 Å². The summed E-state index contributed by atoms with van der Waals surface area (Å²) in [7, 11) is 0. The van der Waals surface area contributed by atoms with Gasteiger partial charge in [0, 0.05) is 37.7 Å². The van der Waals surface area contributed by atoms with E-state index in [0.29, 0.717) is 23.0 Å². The molecule has 170 valence electrons. The summed E-state index contributed by atoms with van der Waals surface area (Å²) < 4.78 is 2.00. The smallest absolute Gasteiger partial charge is 0.242 e. The molecule has 5 fully saturated rings. The van der Waals surface area contributed by atoms with E-state index in [4.69, 9.17) is 23.2 Å². The molecule has 0 radical (unpaired) electrons. The van der Waals surface area contributed by atoms with E-state index in [9.17, 15) is 4.79 Å². The van der Waals surface area contributed by atoms with Gasteiger partial charge in [0.2, 0.25) is 11.2 Å². The first-order valence-corrected chi connectivity index (χ1v) is 12.5. The van der Waals surface area contributed by atoms with Crippen molar-refractivity contribution in [2.75, 3.05) is 26.2 Å². The highest BCUT2D eigenvalue weighted by Gasteiger charge is 2.62. The lowest BCUT2D eigenvalue weighted by Crippen LogP contribution is -2.62. The van der Waals surface area contributed by atoms with Crippen molar-refractivity contribution in [3.8, 4) is 0 Å². The standard InChI is InChI=1S/C24H29Cl2N5O/c25-20-4-2-1-3-19(20)14-29-5-7-30(8-6-29)21(32)23-10-17-9-18(11-23)13-24(12-17,15-23)31-16-27-22(26)28-31/h1-4,16-18H,5-15H2. The fourth-order valence-electron chi connectivity index (χ4n) is 7.52. The van der Waals surface area contributed by atoms with Gasteiger partial charge in [-0.15, -0.1) is 5.10 Å². The molecule has 1 aromatic heterocycles. The molecule has 2 unspecified atom stereocenters. The topological polar surface area (TPSA) is 54.3 Å². The molecule has 1 amide bonds. The molecule has 0 spiro atoms. The molecule has 2 heterocycles. The van der Waals surface area contributed by atoms with Crippen molar-refractivity contribution in [3.05, 3.63) is 46.5 Å². The molecular formula is C24H29Cl2N5O. The van der Waals surface area contributed by atoms with Crippen LogP contribution >= 0.6 is 23.2 Å². The van der Waals surface area contributed by atoms with Crippen molar-refractivity contribution in [2.24, 2.45) is 17.3 Å². The molecule has 4 saturated carbocycles. The molecule has 5 aliphatic rings. The lowest BCUT2D eigenvalue weighted by molar-refractivity contribution is -0.168. The molecule has 32 heavy (non-hydrogen) atoms. The van der Waals surface area contributed by atoms with Crippen molar-refractivity contribution < 1.29 is 4.79 Å². The van der Waals surface area contributed by atoms with Gasteiger partial charge in [-0.2, -0.15) is 0 Å². The maximum Gasteiger partial charge on any atom is 0.242 e. The summed E-state index contributed by atoms with van der Waals surface area (Å²) in [4.78, 5) is 22.7. The van der Waals surface area contributed by atoms with Gasteiger partial charge < -0.3 is 4.90 Å². The van der Waals surface area contributed by atoms with Crippen LogP contribution in [0.3, 0.4) is 0 Å². The van der Waals surface area contributed by atoms with E-state index in [0.717, 1.165) is 75.4 Å². The summed E-state index contributed by atoms with van der Waals surface area (Å²) in [6.07, 6.45) is 8.18. The summed E-state index contributed by atoms with van der Waals surface area (Å²) in [5, 5.41) is 5.61. The number of carbonyl (C=O) groups excluding carboxylic acids is 1. The van der Waals surface area contributed by atoms with Crippen LogP contribution in [0.4, 0.5) is 0 Å². The van der Waals surface area contributed by atoms with Crippen LogP contribution in [0.25, 0.3) is 0 Å². The van der Waals surface area contributed by atoms with Crippen molar-refractivity contribution in [1.29, 1.82) is 0 Å². The molecule has 6 nitrogen and oxygen atoms in total. The van der Waals surface area contributed by atoms with Crippen LogP contribution in [0.15, 0.2) is 30.6 Å². The third-order valence-corrected chi connectivity index (χ3v) is 8.99. The maximum absolute atomic E-state index is 14.0. The number of benzene rings is 1. The van der Waals surface area contributed by atoms with Crippen molar-refractivity contribution in [1.82, 2.24) is 24.6 Å². The summed E-state index contributed by atoms with van der Waals surface area (Å²) in [6.45, 7) is 4.21. The lowest BCUT2D eigenvalue weighted by atomic mass is 9.46. The quantitative estimate of drug-likeness (QED) is 0.666. The largest absolute Gasteiger partial charge is 0.340 e. The van der Waals surface area contributed by atoms with Crippen molar-refractivity contribution in [2.45, 2.75) is 50.6 Å². The third-order valence-electron chi connectivity index (χ3n) is 8.45. The summed E-state index contributed by atoms with van der Waals surface area (Å²) in [5.41, 5.74) is 0.822. The second-order valence-electron chi connectivity index (χ2n) is 10.6. The van der Waals surface area contributed by atoms with Crippen LogP contribution in [0.5, 0.6) is 0 Å². The van der Waals surface area contributed by atoms with Gasteiger partial charge >= 0.3 is 0 Å². The lowest BCUT2D eigenvalue weighted by Gasteiger charge is -2.61. The second kappa shape index (κ2) is 7.71. The molecule has 2 aromatic rings. The number of rotatable bonds is 4. The van der Waals surface area contributed by atoms with Crippen LogP contribution < -0.4 is 0 Å². The normalized spacial score (nSPS) is 34.2. The van der Waals surface area contributed by atoms with E-state index in [1.165, 1.54) is 6.42 Å². The van der Waals surface area contributed by atoms with E-state index < -0.39 is 0 Å². The Morgan fingerprint density at radius 1 is 1.03 bits per heavy atom. The van der Waals surface area contributed by atoms with Crippen molar-refractivity contribution >= 4 is 29.1 Å². The summed E-state index contributed by atoms with van der Waals surface area (Å²) in [5.74, 6) is 1.58. The number of amides is 1. The number of hydrogen-bond donors (Lipinski definition) is 0. The van der Waals surface area contributed by atoms with E-state index in [2.05, 4.69) is 25.9 Å². The van der Waals surface area contributed by atoms with Gasteiger partial charge in [-0.1, -0.05) is 29.8 Å². The Balaban J connectivity index is 1.17. The van der Waals surface area contributed by atoms with Crippen LogP contribution in [0.1, 0.15) is 44.1 Å². The number of halogens is 2. The van der Waals surface area contributed by atoms with Gasteiger partial charge in [0.15, 0.2) is 0 Å². The fourth-order valence-corrected chi connectivity index (χ4v) is 7.84. The molecule has 1 saturated heterocycles. The first-order valence-electron chi connectivity index (χ1n) is 11.8. The third kappa shape index (κ3) is 3.46. The molecular weight excluding hydrogens is 445 g/mol. The predicted molar refractivity (Wildman–Crippen MR) is 123 cm³/mol. The van der Waals surface area contributed by atoms with E-state index >= 15 is 0 Å². The van der Waals surface area contributed by atoms with E-state index in [1.54, 1.807) is 6.33 Å². The first kappa shape index (κ1) is 20.9. The Morgan fingerprint density at radius 2 is 1.75 bits per heavy atom. The Labute approximate surface area is 198 Å². The second-order valence-corrected chi connectivity index (χ2v) is 11.3. The zero-order valence-electron chi connectivity index (χ0n) is 18.2. The van der Waals surface area contributed by atoms with Gasteiger partial charge in [-0.25, -0.2) is 9.67 Å². The van der Waals surface area contributed by atoms with Crippen LogP contribution in [0.2, 0.25) is 10.3 Å². The molecule has 8 heteroatoms. The highest BCUT2D eigenvalue weighted by atomic mass is 35.5. The Morgan fingerprint density at radius 3 is 2.41 bits per heavy atom. The van der Waals surface area contributed by atoms with E-state index in [-0.39, 0.29) is 11.0 Å². The average Bonchev–Trinajstić information content (AvgIpc) is 3.22. The average molecular weight is 474 g/mol. The highest BCUT2D eigenvalue weighted by molar-refractivity contribution is 6.31. The van der Waals surface area contributed by atoms with Gasteiger partial charge in [-0.3, -0.25) is 9.69 Å². The Bertz CT molecular complexity index is 1020. The van der Waals surface area contributed by atoms with Gasteiger partial charge in [0.05, 0.1) is 11.0 Å². The first-order chi connectivity index (χ1) is 15.4. The minimum Gasteiger partial charge on any atom is -0.340 e. The minimum absolute atomic E-state index is 0.0915. The summed E-state index contributed by atoms with van der Waals surface area (Å²) in [6, 6.07) is 8.03. The van der Waals surface area contributed by atoms with Gasteiger partial charge in [0.1, 0.15) is 6.33 Å². The molecule has 1 aromatic carbocycles. The number of piperazine rings is 1. The van der Waals surface area contributed by atoms with Crippen molar-refractivity contribution in [3.63, 3.8) is 0 Å². The number of aromatic nitrogens is 3. The predicted octanol–water partition coefficient (Wildman–Crippen LogP) is 4.22. The highest BCUT2D eigenvalue weighted by Crippen LogP contribution is 2.64. The molecule has 0 N–H and O–H groups in total. The van der Waals surface area contributed by atoms with E-state index in [1.807, 2.05) is 22.9 Å². The molecule has 7 rings (SSSR count). The van der Waals surface area contributed by atoms with Crippen LogP contribution in [0, 0.1) is 17.3 Å². The minimum atomic E-state index is -0.243. The zero-order chi connectivity index (χ0) is 21.9.